The Bertz CT molecular complexity index is 164. The third kappa shape index (κ3) is 2.48. The molecule has 0 radical (unpaired) electrons. The van der Waals surface area contributed by atoms with Crippen LogP contribution in [0.1, 0.15) is 51.4 Å². The zero-order chi connectivity index (χ0) is 9.80. The van der Waals surface area contributed by atoms with Crippen molar-refractivity contribution in [2.45, 2.75) is 63.6 Å². The minimum atomic E-state index is 0.135. The molecule has 1 aliphatic carbocycles. The van der Waals surface area contributed by atoms with Gasteiger partial charge in [0.25, 0.3) is 0 Å². The van der Waals surface area contributed by atoms with Gasteiger partial charge >= 0.3 is 0 Å². The predicted molar refractivity (Wildman–Crippen MR) is 56.2 cm³/mol. The fraction of sp³-hybridized carbons (Fsp3) is 1.00. The highest BCUT2D eigenvalue weighted by Gasteiger charge is 2.29. The van der Waals surface area contributed by atoms with Gasteiger partial charge in [-0.2, -0.15) is 0 Å². The highest BCUT2D eigenvalue weighted by atomic mass is 16.5. The summed E-state index contributed by atoms with van der Waals surface area (Å²) in [6.45, 7) is 0.212. The van der Waals surface area contributed by atoms with Crippen LogP contribution >= 0.6 is 0 Å². The number of rotatable bonds is 2. The van der Waals surface area contributed by atoms with Crippen molar-refractivity contribution in [1.82, 2.24) is 0 Å². The Morgan fingerprint density at radius 1 is 0.929 bits per heavy atom. The smallest absolute Gasteiger partial charge is 0.0809 e. The molecule has 0 bridgehead atoms. The molecule has 0 aromatic heterocycles. The number of hydrogen-bond acceptors (Lipinski definition) is 2. The molecule has 14 heavy (non-hydrogen) atoms. The number of hydrogen-bond donors (Lipinski definition) is 1. The summed E-state index contributed by atoms with van der Waals surface area (Å²) < 4.78 is 5.93. The molecular formula is C12H22O2. The molecule has 0 aromatic rings. The Morgan fingerprint density at radius 3 is 2.43 bits per heavy atom. The molecule has 0 unspecified atom stereocenters. The Morgan fingerprint density at radius 2 is 1.71 bits per heavy atom. The summed E-state index contributed by atoms with van der Waals surface area (Å²) in [5.41, 5.74) is 0. The van der Waals surface area contributed by atoms with Crippen LogP contribution in [0.2, 0.25) is 0 Å². The van der Waals surface area contributed by atoms with E-state index in [-0.39, 0.29) is 12.7 Å². The number of aliphatic hydroxyl groups excluding tert-OH is 1. The third-order valence-corrected chi connectivity index (χ3v) is 3.76. The van der Waals surface area contributed by atoms with Gasteiger partial charge in [-0.3, -0.25) is 0 Å². The maximum atomic E-state index is 9.08. The van der Waals surface area contributed by atoms with Gasteiger partial charge in [0.2, 0.25) is 0 Å². The molecule has 0 amide bonds. The molecule has 2 rings (SSSR count). The van der Waals surface area contributed by atoms with Crippen molar-refractivity contribution in [3.8, 4) is 0 Å². The van der Waals surface area contributed by atoms with Gasteiger partial charge in [-0.1, -0.05) is 19.3 Å². The van der Waals surface area contributed by atoms with Crippen molar-refractivity contribution in [2.24, 2.45) is 5.92 Å². The summed E-state index contributed by atoms with van der Waals surface area (Å²) in [6.07, 6.45) is 11.0. The SMILES string of the molecule is OC[C@@H]1CCC[C@H](C2CCCCC2)O1. The van der Waals surface area contributed by atoms with E-state index in [1.165, 1.54) is 44.9 Å². The van der Waals surface area contributed by atoms with Gasteiger partial charge in [0.15, 0.2) is 0 Å². The first-order chi connectivity index (χ1) is 6.90. The summed E-state index contributed by atoms with van der Waals surface area (Å²) in [5, 5.41) is 9.08. The lowest BCUT2D eigenvalue weighted by molar-refractivity contribution is -0.100. The van der Waals surface area contributed by atoms with Gasteiger partial charge in [0.05, 0.1) is 18.8 Å². The largest absolute Gasteiger partial charge is 0.394 e. The van der Waals surface area contributed by atoms with E-state index in [9.17, 15) is 0 Å². The minimum absolute atomic E-state index is 0.135. The average Bonchev–Trinajstić information content (AvgIpc) is 2.30. The normalized spacial score (nSPS) is 35.8. The van der Waals surface area contributed by atoms with Crippen LogP contribution in [0.3, 0.4) is 0 Å². The Hall–Kier alpha value is -0.0800. The first-order valence-electron chi connectivity index (χ1n) is 6.16. The highest BCUT2D eigenvalue weighted by molar-refractivity contribution is 4.79. The molecule has 1 saturated heterocycles. The molecule has 2 nitrogen and oxygen atoms in total. The van der Waals surface area contributed by atoms with Gasteiger partial charge in [0.1, 0.15) is 0 Å². The van der Waals surface area contributed by atoms with E-state index in [0.29, 0.717) is 6.10 Å². The molecule has 2 atom stereocenters. The highest BCUT2D eigenvalue weighted by Crippen LogP contribution is 2.33. The standard InChI is InChI=1S/C12H22O2/c13-9-11-7-4-8-12(14-11)10-5-2-1-3-6-10/h10-13H,1-9H2/t11-,12+/m0/s1. The Labute approximate surface area is 86.6 Å². The van der Waals surface area contributed by atoms with Crippen LogP contribution in [-0.4, -0.2) is 23.9 Å². The van der Waals surface area contributed by atoms with Crippen LogP contribution in [0.15, 0.2) is 0 Å². The number of aliphatic hydroxyl groups is 1. The van der Waals surface area contributed by atoms with E-state index in [0.717, 1.165) is 12.3 Å². The molecule has 0 aromatic carbocycles. The first kappa shape index (κ1) is 10.4. The van der Waals surface area contributed by atoms with E-state index in [4.69, 9.17) is 9.84 Å². The van der Waals surface area contributed by atoms with Crippen LogP contribution in [0.5, 0.6) is 0 Å². The topological polar surface area (TPSA) is 29.5 Å². The quantitative estimate of drug-likeness (QED) is 0.738. The summed E-state index contributed by atoms with van der Waals surface area (Å²) in [4.78, 5) is 0. The fourth-order valence-electron chi connectivity index (χ4n) is 2.92. The molecule has 1 heterocycles. The lowest BCUT2D eigenvalue weighted by atomic mass is 9.82. The molecular weight excluding hydrogens is 176 g/mol. The monoisotopic (exact) mass is 198 g/mol. The van der Waals surface area contributed by atoms with E-state index in [1.807, 2.05) is 0 Å². The van der Waals surface area contributed by atoms with E-state index >= 15 is 0 Å². The summed E-state index contributed by atoms with van der Waals surface area (Å²) in [5.74, 6) is 0.790. The molecule has 0 spiro atoms. The maximum absolute atomic E-state index is 9.08. The first-order valence-corrected chi connectivity index (χ1v) is 6.16. The van der Waals surface area contributed by atoms with Crippen molar-refractivity contribution >= 4 is 0 Å². The summed E-state index contributed by atoms with van der Waals surface area (Å²) >= 11 is 0. The molecule has 1 saturated carbocycles. The number of ether oxygens (including phenoxy) is 1. The van der Waals surface area contributed by atoms with E-state index in [2.05, 4.69) is 0 Å². The van der Waals surface area contributed by atoms with Crippen molar-refractivity contribution in [2.75, 3.05) is 6.61 Å². The van der Waals surface area contributed by atoms with Crippen molar-refractivity contribution in [1.29, 1.82) is 0 Å². The second-order valence-corrected chi connectivity index (χ2v) is 4.81. The summed E-state index contributed by atoms with van der Waals surface area (Å²) in [7, 11) is 0. The maximum Gasteiger partial charge on any atom is 0.0809 e. The van der Waals surface area contributed by atoms with Crippen LogP contribution < -0.4 is 0 Å². The van der Waals surface area contributed by atoms with Gasteiger partial charge in [-0.25, -0.2) is 0 Å². The van der Waals surface area contributed by atoms with Crippen LogP contribution in [0.25, 0.3) is 0 Å². The van der Waals surface area contributed by atoms with Crippen LogP contribution in [-0.2, 0) is 4.74 Å². The molecule has 2 aliphatic rings. The molecule has 1 aliphatic heterocycles. The predicted octanol–water partition coefficient (Wildman–Crippen LogP) is 2.50. The van der Waals surface area contributed by atoms with Crippen LogP contribution in [0.4, 0.5) is 0 Å². The summed E-state index contributed by atoms with van der Waals surface area (Å²) in [6, 6.07) is 0. The molecule has 2 heteroatoms. The van der Waals surface area contributed by atoms with Crippen molar-refractivity contribution in [3.63, 3.8) is 0 Å². The lowest BCUT2D eigenvalue weighted by Crippen LogP contribution is -2.35. The second-order valence-electron chi connectivity index (χ2n) is 4.81. The lowest BCUT2D eigenvalue weighted by Gasteiger charge is -2.36. The van der Waals surface area contributed by atoms with Gasteiger partial charge in [-0.05, 0) is 38.0 Å². The Kier molecular flexibility index (Phi) is 3.82. The third-order valence-electron chi connectivity index (χ3n) is 3.76. The van der Waals surface area contributed by atoms with Gasteiger partial charge < -0.3 is 9.84 Å². The zero-order valence-corrected chi connectivity index (χ0v) is 8.95. The molecule has 2 fully saturated rings. The molecule has 82 valence electrons. The minimum Gasteiger partial charge on any atom is -0.394 e. The zero-order valence-electron chi connectivity index (χ0n) is 8.95. The van der Waals surface area contributed by atoms with Crippen LogP contribution in [0, 0.1) is 5.92 Å². The van der Waals surface area contributed by atoms with Crippen molar-refractivity contribution in [3.05, 3.63) is 0 Å². The Balaban J connectivity index is 1.83. The second kappa shape index (κ2) is 5.13. The van der Waals surface area contributed by atoms with Gasteiger partial charge in [0, 0.05) is 0 Å². The molecule has 1 N–H and O–H groups in total. The van der Waals surface area contributed by atoms with Gasteiger partial charge in [-0.15, -0.1) is 0 Å². The van der Waals surface area contributed by atoms with E-state index in [1.54, 1.807) is 0 Å². The average molecular weight is 198 g/mol. The van der Waals surface area contributed by atoms with E-state index < -0.39 is 0 Å². The van der Waals surface area contributed by atoms with Crippen molar-refractivity contribution < 1.29 is 9.84 Å². The fourth-order valence-corrected chi connectivity index (χ4v) is 2.92.